The van der Waals surface area contributed by atoms with E-state index in [2.05, 4.69) is 15.3 Å². The predicted octanol–water partition coefficient (Wildman–Crippen LogP) is 2.90. The largest absolute Gasteiger partial charge is 0.384 e. The summed E-state index contributed by atoms with van der Waals surface area (Å²) in [4.78, 5) is 8.63. The third-order valence-electron chi connectivity index (χ3n) is 3.24. The van der Waals surface area contributed by atoms with Crippen molar-refractivity contribution in [2.75, 3.05) is 19.0 Å². The Bertz CT molecular complexity index is 647. The third-order valence-corrected chi connectivity index (χ3v) is 3.57. The van der Waals surface area contributed by atoms with Crippen molar-refractivity contribution in [3.05, 3.63) is 52.4 Å². The quantitative estimate of drug-likeness (QED) is 0.856. The first-order chi connectivity index (χ1) is 10.4. The summed E-state index contributed by atoms with van der Waals surface area (Å²) in [5.41, 5.74) is 0.396. The van der Waals surface area contributed by atoms with Gasteiger partial charge in [0.15, 0.2) is 5.82 Å². The van der Waals surface area contributed by atoms with Gasteiger partial charge in [-0.2, -0.15) is 0 Å². The van der Waals surface area contributed by atoms with E-state index in [-0.39, 0.29) is 6.54 Å². The van der Waals surface area contributed by atoms with E-state index in [1.807, 2.05) is 31.2 Å². The Labute approximate surface area is 135 Å². The fourth-order valence-electron chi connectivity index (χ4n) is 2.17. The molecule has 0 aliphatic rings. The van der Waals surface area contributed by atoms with Gasteiger partial charge >= 0.3 is 0 Å². The minimum absolute atomic E-state index is 0.277. The fourth-order valence-corrected chi connectivity index (χ4v) is 2.51. The van der Waals surface area contributed by atoms with Crippen molar-refractivity contribution in [2.24, 2.45) is 0 Å². The summed E-state index contributed by atoms with van der Waals surface area (Å²) >= 11 is 6.15. The lowest BCUT2D eigenvalue weighted by Gasteiger charge is -2.25. The molecule has 6 heteroatoms. The third kappa shape index (κ3) is 4.16. The molecule has 22 heavy (non-hydrogen) atoms. The molecule has 1 unspecified atom stereocenters. The summed E-state index contributed by atoms with van der Waals surface area (Å²) in [7, 11) is 1.60. The molecule has 2 aromatic rings. The minimum atomic E-state index is -1.11. The number of hydrogen-bond acceptors (Lipinski definition) is 5. The number of nitrogens with one attached hydrogen (secondary N) is 1. The van der Waals surface area contributed by atoms with Crippen LogP contribution in [-0.2, 0) is 16.9 Å². The SMILES string of the molecule is COCc1nc(C)cc(NCC(C)(O)c2ccccc2Cl)n1. The van der Waals surface area contributed by atoms with Crippen LogP contribution in [0.15, 0.2) is 30.3 Å². The number of hydrogen-bond donors (Lipinski definition) is 2. The van der Waals surface area contributed by atoms with Gasteiger partial charge in [-0.15, -0.1) is 0 Å². The molecule has 0 radical (unpaired) electrons. The molecule has 1 aromatic carbocycles. The van der Waals surface area contributed by atoms with E-state index >= 15 is 0 Å². The Morgan fingerprint density at radius 2 is 2.05 bits per heavy atom. The van der Waals surface area contributed by atoms with Crippen LogP contribution in [0.2, 0.25) is 5.02 Å². The van der Waals surface area contributed by atoms with Gasteiger partial charge in [-0.1, -0.05) is 29.8 Å². The highest BCUT2D eigenvalue weighted by Gasteiger charge is 2.25. The first-order valence-corrected chi connectivity index (χ1v) is 7.35. The molecule has 1 heterocycles. The maximum absolute atomic E-state index is 10.7. The first kappa shape index (κ1) is 16.7. The zero-order valence-electron chi connectivity index (χ0n) is 12.9. The number of methoxy groups -OCH3 is 1. The average Bonchev–Trinajstić information content (AvgIpc) is 2.45. The van der Waals surface area contributed by atoms with Gasteiger partial charge < -0.3 is 15.2 Å². The topological polar surface area (TPSA) is 67.3 Å². The molecule has 0 aliphatic carbocycles. The zero-order valence-corrected chi connectivity index (χ0v) is 13.7. The summed E-state index contributed by atoms with van der Waals surface area (Å²) in [6.45, 7) is 4.22. The van der Waals surface area contributed by atoms with Crippen LogP contribution in [0.25, 0.3) is 0 Å². The molecule has 5 nitrogen and oxygen atoms in total. The number of nitrogens with zero attached hydrogens (tertiary/aromatic N) is 2. The van der Waals surface area contributed by atoms with Crippen LogP contribution in [0.4, 0.5) is 5.82 Å². The van der Waals surface area contributed by atoms with Crippen molar-refractivity contribution in [1.29, 1.82) is 0 Å². The van der Waals surface area contributed by atoms with E-state index in [0.717, 1.165) is 5.69 Å². The molecule has 0 aliphatic heterocycles. The summed E-state index contributed by atoms with van der Waals surface area (Å²) in [6.07, 6.45) is 0. The van der Waals surface area contributed by atoms with Crippen LogP contribution in [0.3, 0.4) is 0 Å². The van der Waals surface area contributed by atoms with Crippen molar-refractivity contribution in [1.82, 2.24) is 9.97 Å². The van der Waals surface area contributed by atoms with E-state index in [1.54, 1.807) is 20.1 Å². The Kier molecular flexibility index (Phi) is 5.34. The Morgan fingerprint density at radius 3 is 2.73 bits per heavy atom. The molecule has 0 amide bonds. The Balaban J connectivity index is 2.13. The number of rotatable bonds is 6. The van der Waals surface area contributed by atoms with E-state index in [0.29, 0.717) is 28.8 Å². The van der Waals surface area contributed by atoms with Gasteiger partial charge in [0.1, 0.15) is 18.0 Å². The smallest absolute Gasteiger partial charge is 0.156 e. The summed E-state index contributed by atoms with van der Waals surface area (Å²) in [5, 5.41) is 14.3. The second-order valence-electron chi connectivity index (χ2n) is 5.35. The van der Waals surface area contributed by atoms with Crippen LogP contribution in [-0.4, -0.2) is 28.7 Å². The van der Waals surface area contributed by atoms with Gasteiger partial charge in [0, 0.05) is 36.0 Å². The second-order valence-corrected chi connectivity index (χ2v) is 5.76. The lowest BCUT2D eigenvalue weighted by atomic mass is 9.96. The summed E-state index contributed by atoms with van der Waals surface area (Å²) in [5.74, 6) is 1.24. The van der Waals surface area contributed by atoms with E-state index in [9.17, 15) is 5.11 Å². The molecule has 0 fully saturated rings. The van der Waals surface area contributed by atoms with E-state index in [4.69, 9.17) is 16.3 Å². The van der Waals surface area contributed by atoms with Crippen molar-refractivity contribution in [2.45, 2.75) is 26.1 Å². The van der Waals surface area contributed by atoms with Crippen molar-refractivity contribution >= 4 is 17.4 Å². The van der Waals surface area contributed by atoms with Gasteiger partial charge in [0.25, 0.3) is 0 Å². The Morgan fingerprint density at radius 1 is 1.32 bits per heavy atom. The maximum Gasteiger partial charge on any atom is 0.156 e. The van der Waals surface area contributed by atoms with Gasteiger partial charge in [-0.25, -0.2) is 9.97 Å². The summed E-state index contributed by atoms with van der Waals surface area (Å²) < 4.78 is 5.05. The van der Waals surface area contributed by atoms with Gasteiger partial charge in [0.2, 0.25) is 0 Å². The molecule has 1 atom stereocenters. The monoisotopic (exact) mass is 321 g/mol. The van der Waals surface area contributed by atoms with Gasteiger partial charge in [0.05, 0.1) is 0 Å². The highest BCUT2D eigenvalue weighted by molar-refractivity contribution is 6.31. The number of aliphatic hydroxyl groups is 1. The average molecular weight is 322 g/mol. The normalized spacial score (nSPS) is 13.7. The first-order valence-electron chi connectivity index (χ1n) is 6.97. The standard InChI is InChI=1S/C16H20ClN3O2/c1-11-8-14(20-15(19-11)9-22-3)18-10-16(2,21)12-6-4-5-7-13(12)17/h4-8,21H,9-10H2,1-3H3,(H,18,19,20). The molecule has 1 aromatic heterocycles. The number of benzene rings is 1. The van der Waals surface area contributed by atoms with Crippen LogP contribution < -0.4 is 5.32 Å². The molecule has 0 bridgehead atoms. The minimum Gasteiger partial charge on any atom is -0.384 e. The van der Waals surface area contributed by atoms with Crippen molar-refractivity contribution in [3.63, 3.8) is 0 Å². The number of halogens is 1. The highest BCUT2D eigenvalue weighted by atomic mass is 35.5. The molecule has 118 valence electrons. The van der Waals surface area contributed by atoms with Gasteiger partial charge in [-0.3, -0.25) is 0 Å². The highest BCUT2D eigenvalue weighted by Crippen LogP contribution is 2.28. The van der Waals surface area contributed by atoms with Crippen LogP contribution >= 0.6 is 11.6 Å². The maximum atomic E-state index is 10.7. The van der Waals surface area contributed by atoms with Crippen LogP contribution in [0.1, 0.15) is 24.0 Å². The molecular weight excluding hydrogens is 302 g/mol. The van der Waals surface area contributed by atoms with Crippen LogP contribution in [0, 0.1) is 6.92 Å². The summed E-state index contributed by atoms with van der Waals surface area (Å²) in [6, 6.07) is 9.08. The lowest BCUT2D eigenvalue weighted by molar-refractivity contribution is 0.0715. The molecule has 0 saturated heterocycles. The fraction of sp³-hybridized carbons (Fsp3) is 0.375. The number of aromatic nitrogens is 2. The van der Waals surface area contributed by atoms with Gasteiger partial charge in [-0.05, 0) is 19.9 Å². The molecule has 2 rings (SSSR count). The lowest BCUT2D eigenvalue weighted by Crippen LogP contribution is -2.31. The number of ether oxygens (including phenoxy) is 1. The van der Waals surface area contributed by atoms with E-state index < -0.39 is 5.60 Å². The van der Waals surface area contributed by atoms with E-state index in [1.165, 1.54) is 0 Å². The van der Waals surface area contributed by atoms with Crippen molar-refractivity contribution < 1.29 is 9.84 Å². The number of aryl methyl sites for hydroxylation is 1. The Hall–Kier alpha value is -1.69. The predicted molar refractivity (Wildman–Crippen MR) is 87.0 cm³/mol. The van der Waals surface area contributed by atoms with Crippen LogP contribution in [0.5, 0.6) is 0 Å². The molecule has 2 N–H and O–H groups in total. The number of anilines is 1. The molecule has 0 spiro atoms. The second kappa shape index (κ2) is 7.05. The van der Waals surface area contributed by atoms with Crippen molar-refractivity contribution in [3.8, 4) is 0 Å². The molecule has 0 saturated carbocycles. The molecular formula is C16H20ClN3O2. The zero-order chi connectivity index (χ0) is 16.2.